The Morgan fingerprint density at radius 3 is 2.59 bits per heavy atom. The Morgan fingerprint density at radius 2 is 1.85 bits per heavy atom. The average Bonchev–Trinajstić information content (AvgIpc) is 2.73. The second-order valence-electron chi connectivity index (χ2n) is 6.40. The first-order valence-electron chi connectivity index (χ1n) is 8.91. The number of piperazine rings is 1. The number of aromatic nitrogens is 2. The molecule has 0 saturated carbocycles. The van der Waals surface area contributed by atoms with Crippen molar-refractivity contribution in [2.24, 2.45) is 0 Å². The van der Waals surface area contributed by atoms with E-state index < -0.39 is 0 Å². The maximum absolute atomic E-state index is 12.8. The Bertz CT molecular complexity index is 1030. The fraction of sp³-hybridized carbons (Fsp3) is 0.300. The number of nitrogens with one attached hydrogen (secondary N) is 1. The Labute approximate surface area is 157 Å². The number of benzene rings is 1. The summed E-state index contributed by atoms with van der Waals surface area (Å²) < 4.78 is 12.3. The van der Waals surface area contributed by atoms with Gasteiger partial charge in [-0.15, -0.1) is 0 Å². The van der Waals surface area contributed by atoms with Gasteiger partial charge in [0.1, 0.15) is 17.1 Å². The molecule has 3 heterocycles. The van der Waals surface area contributed by atoms with Crippen molar-refractivity contribution in [1.29, 1.82) is 0 Å². The van der Waals surface area contributed by atoms with Crippen molar-refractivity contribution in [3.05, 3.63) is 52.9 Å². The minimum atomic E-state index is -0.121. The lowest BCUT2D eigenvalue weighted by atomic mass is 10.1. The van der Waals surface area contributed by atoms with Crippen molar-refractivity contribution in [3.63, 3.8) is 0 Å². The van der Waals surface area contributed by atoms with E-state index in [1.807, 2.05) is 30.5 Å². The second-order valence-corrected chi connectivity index (χ2v) is 6.40. The van der Waals surface area contributed by atoms with Gasteiger partial charge >= 0.3 is 0 Å². The predicted octanol–water partition coefficient (Wildman–Crippen LogP) is 1.79. The molecule has 1 aliphatic heterocycles. The molecule has 1 N–H and O–H groups in total. The van der Waals surface area contributed by atoms with Crippen LogP contribution in [0.25, 0.3) is 16.9 Å². The molecular formula is C20H22N4O3. The largest absolute Gasteiger partial charge is 0.497 e. The highest BCUT2D eigenvalue weighted by Crippen LogP contribution is 2.32. The van der Waals surface area contributed by atoms with Crippen LogP contribution in [0.4, 0.5) is 5.69 Å². The van der Waals surface area contributed by atoms with Crippen molar-refractivity contribution in [3.8, 4) is 22.8 Å². The van der Waals surface area contributed by atoms with Crippen LogP contribution in [0.1, 0.15) is 0 Å². The van der Waals surface area contributed by atoms with Crippen LogP contribution in [0.15, 0.2) is 47.4 Å². The van der Waals surface area contributed by atoms with Crippen molar-refractivity contribution in [2.45, 2.75) is 0 Å². The molecule has 27 heavy (non-hydrogen) atoms. The zero-order chi connectivity index (χ0) is 18.8. The molecule has 1 aliphatic rings. The molecule has 1 fully saturated rings. The molecule has 0 spiro atoms. The summed E-state index contributed by atoms with van der Waals surface area (Å²) in [5.41, 5.74) is 2.85. The quantitative estimate of drug-likeness (QED) is 0.759. The summed E-state index contributed by atoms with van der Waals surface area (Å²) in [7, 11) is 3.19. The summed E-state index contributed by atoms with van der Waals surface area (Å²) in [5.74, 6) is 1.30. The highest BCUT2D eigenvalue weighted by molar-refractivity contribution is 5.70. The summed E-state index contributed by atoms with van der Waals surface area (Å²) in [5, 5.41) is 3.33. The van der Waals surface area contributed by atoms with E-state index >= 15 is 0 Å². The summed E-state index contributed by atoms with van der Waals surface area (Å²) in [4.78, 5) is 19.7. The van der Waals surface area contributed by atoms with Gasteiger partial charge in [-0.25, -0.2) is 4.98 Å². The van der Waals surface area contributed by atoms with Gasteiger partial charge in [-0.3, -0.25) is 9.20 Å². The monoisotopic (exact) mass is 366 g/mol. The minimum Gasteiger partial charge on any atom is -0.497 e. The molecule has 2 aromatic heterocycles. The van der Waals surface area contributed by atoms with Gasteiger partial charge in [-0.05, 0) is 24.3 Å². The van der Waals surface area contributed by atoms with Crippen LogP contribution >= 0.6 is 0 Å². The number of anilines is 1. The van der Waals surface area contributed by atoms with Gasteiger partial charge in [0.15, 0.2) is 0 Å². The lowest BCUT2D eigenvalue weighted by Gasteiger charge is -2.29. The number of hydrogen-bond acceptors (Lipinski definition) is 6. The standard InChI is InChI=1S/C20H22N4O3/c1-26-15-4-5-16(18(11-15)27-2)17-12-20(25)24-13-14(3-6-19(24)22-17)23-9-7-21-8-10-23/h3-6,11-13,21H,7-10H2,1-2H3. The highest BCUT2D eigenvalue weighted by atomic mass is 16.5. The number of pyridine rings is 1. The van der Waals surface area contributed by atoms with Crippen LogP contribution in [-0.4, -0.2) is 49.8 Å². The van der Waals surface area contributed by atoms with E-state index in [0.717, 1.165) is 37.4 Å². The minimum absolute atomic E-state index is 0.121. The molecule has 0 bridgehead atoms. The van der Waals surface area contributed by atoms with E-state index in [9.17, 15) is 4.79 Å². The Hall–Kier alpha value is -3.06. The Balaban J connectivity index is 1.77. The van der Waals surface area contributed by atoms with E-state index in [0.29, 0.717) is 22.8 Å². The predicted molar refractivity (Wildman–Crippen MR) is 105 cm³/mol. The molecule has 140 valence electrons. The van der Waals surface area contributed by atoms with Crippen LogP contribution in [0, 0.1) is 0 Å². The first-order chi connectivity index (χ1) is 13.2. The molecule has 1 saturated heterocycles. The van der Waals surface area contributed by atoms with Gasteiger partial charge < -0.3 is 19.7 Å². The van der Waals surface area contributed by atoms with Gasteiger partial charge in [-0.1, -0.05) is 0 Å². The molecule has 0 aliphatic carbocycles. The SMILES string of the molecule is COc1ccc(-c2cc(=O)n3cc(N4CCNCC4)ccc3n2)c(OC)c1. The fourth-order valence-corrected chi connectivity index (χ4v) is 3.35. The number of fused-ring (bicyclic) bond motifs is 1. The number of rotatable bonds is 4. The zero-order valence-corrected chi connectivity index (χ0v) is 15.4. The summed E-state index contributed by atoms with van der Waals surface area (Å²) in [6.45, 7) is 3.74. The number of hydrogen-bond donors (Lipinski definition) is 1. The maximum atomic E-state index is 12.8. The molecule has 0 unspecified atom stereocenters. The van der Waals surface area contributed by atoms with Crippen molar-refractivity contribution < 1.29 is 9.47 Å². The molecule has 0 atom stereocenters. The number of methoxy groups -OCH3 is 2. The molecule has 4 rings (SSSR count). The fourth-order valence-electron chi connectivity index (χ4n) is 3.35. The van der Waals surface area contributed by atoms with Gasteiger partial charge in [0.25, 0.3) is 5.56 Å². The van der Waals surface area contributed by atoms with Gasteiger partial charge in [0, 0.05) is 50.1 Å². The van der Waals surface area contributed by atoms with Gasteiger partial charge in [0.2, 0.25) is 0 Å². The maximum Gasteiger partial charge on any atom is 0.258 e. The molecular weight excluding hydrogens is 344 g/mol. The molecule has 1 aromatic carbocycles. The topological polar surface area (TPSA) is 68.1 Å². The summed E-state index contributed by atoms with van der Waals surface area (Å²) >= 11 is 0. The normalized spacial score (nSPS) is 14.4. The smallest absolute Gasteiger partial charge is 0.258 e. The van der Waals surface area contributed by atoms with Crippen LogP contribution in [0.5, 0.6) is 11.5 Å². The van der Waals surface area contributed by atoms with Crippen molar-refractivity contribution in [2.75, 3.05) is 45.3 Å². The molecule has 0 amide bonds. The third-order valence-corrected chi connectivity index (χ3v) is 4.81. The molecule has 0 radical (unpaired) electrons. The van der Waals surface area contributed by atoms with Crippen LogP contribution in [-0.2, 0) is 0 Å². The first-order valence-corrected chi connectivity index (χ1v) is 8.91. The third-order valence-electron chi connectivity index (χ3n) is 4.81. The Kier molecular flexibility index (Phi) is 4.68. The van der Waals surface area contributed by atoms with Crippen molar-refractivity contribution in [1.82, 2.24) is 14.7 Å². The summed E-state index contributed by atoms with van der Waals surface area (Å²) in [6.07, 6.45) is 1.87. The van der Waals surface area contributed by atoms with Crippen LogP contribution in [0.2, 0.25) is 0 Å². The van der Waals surface area contributed by atoms with E-state index in [-0.39, 0.29) is 5.56 Å². The van der Waals surface area contributed by atoms with E-state index in [2.05, 4.69) is 15.2 Å². The third kappa shape index (κ3) is 3.33. The average molecular weight is 366 g/mol. The van der Waals surface area contributed by atoms with E-state index in [1.54, 1.807) is 30.8 Å². The molecule has 7 heteroatoms. The summed E-state index contributed by atoms with van der Waals surface area (Å²) in [6, 6.07) is 10.9. The van der Waals surface area contributed by atoms with Gasteiger partial charge in [-0.2, -0.15) is 0 Å². The number of ether oxygens (including phenoxy) is 2. The first kappa shape index (κ1) is 17.4. The van der Waals surface area contributed by atoms with Crippen molar-refractivity contribution >= 4 is 11.3 Å². The molecule has 3 aromatic rings. The van der Waals surface area contributed by atoms with Crippen LogP contribution < -0.4 is 25.2 Å². The number of nitrogens with zero attached hydrogens (tertiary/aromatic N) is 3. The van der Waals surface area contributed by atoms with E-state index in [4.69, 9.17) is 9.47 Å². The molecule has 7 nitrogen and oxygen atoms in total. The highest BCUT2D eigenvalue weighted by Gasteiger charge is 2.14. The zero-order valence-electron chi connectivity index (χ0n) is 15.4. The lowest BCUT2D eigenvalue weighted by Crippen LogP contribution is -2.43. The van der Waals surface area contributed by atoms with E-state index in [1.165, 1.54) is 0 Å². The Morgan fingerprint density at radius 1 is 1.04 bits per heavy atom. The van der Waals surface area contributed by atoms with Crippen LogP contribution in [0.3, 0.4) is 0 Å². The lowest BCUT2D eigenvalue weighted by molar-refractivity contribution is 0.395. The van der Waals surface area contributed by atoms with Gasteiger partial charge in [0.05, 0.1) is 25.6 Å². The second kappa shape index (κ2) is 7.28.